The highest BCUT2D eigenvalue weighted by molar-refractivity contribution is 7.89. The summed E-state index contributed by atoms with van der Waals surface area (Å²) < 4.78 is 33.4. The Morgan fingerprint density at radius 1 is 0.784 bits per heavy atom. The third kappa shape index (κ3) is 7.60. The molecule has 0 unspecified atom stereocenters. The lowest BCUT2D eigenvalue weighted by Gasteiger charge is -2.21. The van der Waals surface area contributed by atoms with E-state index < -0.39 is 15.9 Å². The maximum Gasteiger partial charge on any atom is 0.255 e. The Kier molecular flexibility index (Phi) is 8.80. The number of rotatable bonds is 11. The minimum Gasteiger partial charge on any atom is -0.489 e. The highest BCUT2D eigenvalue weighted by Gasteiger charge is 2.26. The summed E-state index contributed by atoms with van der Waals surface area (Å²) in [6, 6.07) is 34.3. The molecule has 0 spiro atoms. The number of sulfonamides is 1. The van der Waals surface area contributed by atoms with E-state index in [2.05, 4.69) is 10.5 Å². The van der Waals surface area contributed by atoms with Gasteiger partial charge in [-0.1, -0.05) is 78.9 Å². The number of hydrazone groups is 1. The van der Waals surface area contributed by atoms with Gasteiger partial charge >= 0.3 is 0 Å². The second-order valence-electron chi connectivity index (χ2n) is 8.21. The zero-order valence-corrected chi connectivity index (χ0v) is 20.9. The smallest absolute Gasteiger partial charge is 0.255 e. The van der Waals surface area contributed by atoms with Gasteiger partial charge in [-0.25, -0.2) is 13.8 Å². The second-order valence-corrected chi connectivity index (χ2v) is 10.1. The van der Waals surface area contributed by atoms with Crippen molar-refractivity contribution >= 4 is 22.1 Å². The van der Waals surface area contributed by atoms with E-state index in [4.69, 9.17) is 4.74 Å². The van der Waals surface area contributed by atoms with E-state index >= 15 is 0 Å². The lowest BCUT2D eigenvalue weighted by atomic mass is 10.2. The van der Waals surface area contributed by atoms with Crippen molar-refractivity contribution in [2.45, 2.75) is 18.0 Å². The van der Waals surface area contributed by atoms with E-state index in [-0.39, 0.29) is 18.0 Å². The quantitative estimate of drug-likeness (QED) is 0.234. The fourth-order valence-corrected chi connectivity index (χ4v) is 4.93. The maximum atomic E-state index is 13.2. The third-order valence-electron chi connectivity index (χ3n) is 5.43. The fraction of sp³-hybridized carbons (Fsp3) is 0.103. The molecule has 0 saturated heterocycles. The monoisotopic (exact) mass is 513 g/mol. The zero-order valence-electron chi connectivity index (χ0n) is 20.1. The number of nitrogens with zero attached hydrogens (tertiary/aromatic N) is 2. The molecule has 188 valence electrons. The van der Waals surface area contributed by atoms with Crippen LogP contribution in [0.15, 0.2) is 125 Å². The van der Waals surface area contributed by atoms with Gasteiger partial charge in [0.25, 0.3) is 5.91 Å². The highest BCUT2D eigenvalue weighted by atomic mass is 32.2. The number of ether oxygens (including phenoxy) is 1. The minimum atomic E-state index is -3.90. The van der Waals surface area contributed by atoms with E-state index in [1.807, 2.05) is 84.9 Å². The average Bonchev–Trinajstić information content (AvgIpc) is 2.94. The number of hydrogen-bond donors (Lipinski definition) is 1. The van der Waals surface area contributed by atoms with E-state index in [1.54, 1.807) is 18.2 Å². The first-order valence-corrected chi connectivity index (χ1v) is 13.1. The molecule has 4 rings (SSSR count). The van der Waals surface area contributed by atoms with Gasteiger partial charge in [0, 0.05) is 6.54 Å². The molecule has 4 aromatic carbocycles. The normalized spacial score (nSPS) is 11.5. The van der Waals surface area contributed by atoms with Crippen LogP contribution >= 0.6 is 0 Å². The lowest BCUT2D eigenvalue weighted by Crippen LogP contribution is -2.39. The SMILES string of the molecule is O=C(CN(Cc1ccccc1)S(=O)(=O)c1ccccc1)N/N=C\c1ccc(OCc2ccccc2)cc1. The summed E-state index contributed by atoms with van der Waals surface area (Å²) in [6.45, 7) is 0.144. The minimum absolute atomic E-state index is 0.0552. The zero-order chi connectivity index (χ0) is 25.9. The van der Waals surface area contributed by atoms with Crippen LogP contribution < -0.4 is 10.2 Å². The van der Waals surface area contributed by atoms with Crippen molar-refractivity contribution in [3.8, 4) is 5.75 Å². The van der Waals surface area contributed by atoms with Crippen molar-refractivity contribution in [2.75, 3.05) is 6.54 Å². The largest absolute Gasteiger partial charge is 0.489 e. The summed E-state index contributed by atoms with van der Waals surface area (Å²) in [4.78, 5) is 12.8. The van der Waals surface area contributed by atoms with Gasteiger partial charge in [-0.15, -0.1) is 0 Å². The van der Waals surface area contributed by atoms with Gasteiger partial charge in [-0.2, -0.15) is 9.41 Å². The Labute approximate surface area is 217 Å². The standard InChI is InChI=1S/C29H27N3O4S/c33-29(31-30-20-24-16-18-27(19-17-24)36-23-26-12-6-2-7-13-26)22-32(21-25-10-4-1-5-11-25)37(34,35)28-14-8-3-9-15-28/h1-20H,21-23H2,(H,31,33)/b30-20-. The number of carbonyl (C=O) groups excluding carboxylic acids is 1. The molecule has 0 aromatic heterocycles. The summed E-state index contributed by atoms with van der Waals surface area (Å²) in [6.07, 6.45) is 1.49. The number of benzene rings is 4. The summed E-state index contributed by atoms with van der Waals surface area (Å²) >= 11 is 0. The molecule has 1 amide bonds. The number of carbonyl (C=O) groups is 1. The van der Waals surface area contributed by atoms with Crippen LogP contribution in [0.1, 0.15) is 16.7 Å². The Hall–Kier alpha value is -4.27. The molecule has 0 fully saturated rings. The van der Waals surface area contributed by atoms with Gasteiger partial charge in [0.15, 0.2) is 0 Å². The summed E-state index contributed by atoms with van der Waals surface area (Å²) in [5.74, 6) is 0.169. The van der Waals surface area contributed by atoms with Crippen LogP contribution in [0.5, 0.6) is 5.75 Å². The molecule has 0 heterocycles. The van der Waals surface area contributed by atoms with Gasteiger partial charge < -0.3 is 4.74 Å². The van der Waals surface area contributed by atoms with Crippen molar-refractivity contribution in [1.29, 1.82) is 0 Å². The molecule has 0 atom stereocenters. The number of nitrogens with one attached hydrogen (secondary N) is 1. The highest BCUT2D eigenvalue weighted by Crippen LogP contribution is 2.18. The van der Waals surface area contributed by atoms with E-state index in [9.17, 15) is 13.2 Å². The molecular weight excluding hydrogens is 486 g/mol. The number of amides is 1. The van der Waals surface area contributed by atoms with Crippen LogP contribution in [0.2, 0.25) is 0 Å². The van der Waals surface area contributed by atoms with Gasteiger partial charge in [0.2, 0.25) is 10.0 Å². The summed E-state index contributed by atoms with van der Waals surface area (Å²) in [5, 5.41) is 3.99. The Balaban J connectivity index is 1.36. The average molecular weight is 514 g/mol. The van der Waals surface area contributed by atoms with E-state index in [0.717, 1.165) is 21.0 Å². The van der Waals surface area contributed by atoms with Gasteiger partial charge in [0.1, 0.15) is 12.4 Å². The van der Waals surface area contributed by atoms with Crippen molar-refractivity contribution in [3.63, 3.8) is 0 Å². The Morgan fingerprint density at radius 2 is 1.35 bits per heavy atom. The molecular formula is C29H27N3O4S. The van der Waals surface area contributed by atoms with E-state index in [1.165, 1.54) is 18.3 Å². The molecule has 37 heavy (non-hydrogen) atoms. The van der Waals surface area contributed by atoms with E-state index in [0.29, 0.717) is 12.4 Å². The molecule has 0 radical (unpaired) electrons. The van der Waals surface area contributed by atoms with Crippen LogP contribution in [0.25, 0.3) is 0 Å². The van der Waals surface area contributed by atoms with Gasteiger partial charge in [-0.05, 0) is 53.1 Å². The molecule has 0 aliphatic carbocycles. The lowest BCUT2D eigenvalue weighted by molar-refractivity contribution is -0.121. The van der Waals surface area contributed by atoms with Gasteiger partial charge in [-0.3, -0.25) is 4.79 Å². The molecule has 4 aromatic rings. The van der Waals surface area contributed by atoms with Gasteiger partial charge in [0.05, 0.1) is 17.7 Å². The maximum absolute atomic E-state index is 13.2. The van der Waals surface area contributed by atoms with Crippen LogP contribution in [0.4, 0.5) is 0 Å². The second kappa shape index (κ2) is 12.6. The molecule has 0 saturated carbocycles. The molecule has 0 aliphatic heterocycles. The molecule has 8 heteroatoms. The first-order chi connectivity index (χ1) is 18.0. The number of hydrogen-bond acceptors (Lipinski definition) is 5. The van der Waals surface area contributed by atoms with Crippen LogP contribution in [-0.2, 0) is 28.0 Å². The van der Waals surface area contributed by atoms with Crippen LogP contribution in [-0.4, -0.2) is 31.4 Å². The molecule has 0 aliphatic rings. The molecule has 0 bridgehead atoms. The predicted octanol–water partition coefficient (Wildman–Crippen LogP) is 4.61. The van der Waals surface area contributed by atoms with Crippen molar-refractivity contribution < 1.29 is 17.9 Å². The third-order valence-corrected chi connectivity index (χ3v) is 7.24. The first-order valence-electron chi connectivity index (χ1n) is 11.7. The summed E-state index contributed by atoms with van der Waals surface area (Å²) in [7, 11) is -3.90. The van der Waals surface area contributed by atoms with Crippen LogP contribution in [0, 0.1) is 0 Å². The Morgan fingerprint density at radius 3 is 1.97 bits per heavy atom. The van der Waals surface area contributed by atoms with Crippen molar-refractivity contribution in [3.05, 3.63) is 132 Å². The van der Waals surface area contributed by atoms with Crippen molar-refractivity contribution in [1.82, 2.24) is 9.73 Å². The van der Waals surface area contributed by atoms with Crippen molar-refractivity contribution in [2.24, 2.45) is 5.10 Å². The summed E-state index contributed by atoms with van der Waals surface area (Å²) in [5.41, 5.74) is 5.03. The molecule has 1 N–H and O–H groups in total. The topological polar surface area (TPSA) is 88.1 Å². The first kappa shape index (κ1) is 25.8. The van der Waals surface area contributed by atoms with Crippen LogP contribution in [0.3, 0.4) is 0 Å². The molecule has 7 nitrogen and oxygen atoms in total. The Bertz CT molecular complexity index is 1410. The predicted molar refractivity (Wildman–Crippen MR) is 143 cm³/mol. The fourth-order valence-electron chi connectivity index (χ4n) is 3.52.